The first kappa shape index (κ1) is 32.4. The minimum absolute atomic E-state index is 0.0328. The molecule has 0 spiro atoms. The number of aryl methyl sites for hydroxylation is 1. The third-order valence-corrected chi connectivity index (χ3v) is 8.40. The van der Waals surface area contributed by atoms with Gasteiger partial charge >= 0.3 is 0 Å². The fourth-order valence-corrected chi connectivity index (χ4v) is 6.12. The van der Waals surface area contributed by atoms with Gasteiger partial charge in [-0.3, -0.25) is 13.9 Å². The average Bonchev–Trinajstić information content (AvgIpc) is 2.86. The number of anilines is 1. The van der Waals surface area contributed by atoms with Crippen LogP contribution in [0.15, 0.2) is 71.6 Å². The van der Waals surface area contributed by atoms with Gasteiger partial charge in [-0.15, -0.1) is 0 Å². The van der Waals surface area contributed by atoms with Crippen molar-refractivity contribution in [3.05, 3.63) is 93.7 Å². The maximum atomic E-state index is 14.1. The lowest BCUT2D eigenvalue weighted by Crippen LogP contribution is -2.55. The number of nitrogens with zero attached hydrogens (tertiary/aromatic N) is 2. The number of rotatable bonds is 10. The van der Waals surface area contributed by atoms with E-state index >= 15 is 0 Å². The van der Waals surface area contributed by atoms with E-state index in [1.165, 1.54) is 59.5 Å². The number of amides is 2. The SMILES string of the molecule is CCC(C(=O)NC(C)(C)C)N(Cc1ccc(F)cc1)C(=O)CN(c1cc(Cl)cc(Cl)c1)S(=O)(=O)c1ccc(C)cc1. The van der Waals surface area contributed by atoms with Crippen LogP contribution in [0.3, 0.4) is 0 Å². The van der Waals surface area contributed by atoms with Crippen molar-refractivity contribution in [2.45, 2.75) is 64.1 Å². The molecule has 0 heterocycles. The first-order valence-electron chi connectivity index (χ1n) is 13.0. The van der Waals surface area contributed by atoms with Gasteiger partial charge in [0.25, 0.3) is 10.0 Å². The van der Waals surface area contributed by atoms with Gasteiger partial charge in [0.15, 0.2) is 0 Å². The lowest BCUT2D eigenvalue weighted by molar-refractivity contribution is -0.141. The van der Waals surface area contributed by atoms with Crippen molar-refractivity contribution in [1.82, 2.24) is 10.2 Å². The van der Waals surface area contributed by atoms with Gasteiger partial charge in [-0.05, 0) is 82.1 Å². The van der Waals surface area contributed by atoms with Crippen LogP contribution < -0.4 is 9.62 Å². The topological polar surface area (TPSA) is 86.8 Å². The van der Waals surface area contributed by atoms with Crippen LogP contribution in [0.25, 0.3) is 0 Å². The van der Waals surface area contributed by atoms with Crippen molar-refractivity contribution < 1.29 is 22.4 Å². The van der Waals surface area contributed by atoms with Crippen molar-refractivity contribution in [1.29, 1.82) is 0 Å². The van der Waals surface area contributed by atoms with E-state index in [9.17, 15) is 22.4 Å². The van der Waals surface area contributed by atoms with E-state index < -0.39 is 45.8 Å². The highest BCUT2D eigenvalue weighted by Gasteiger charge is 2.34. The molecule has 2 amide bonds. The number of sulfonamides is 1. The highest BCUT2D eigenvalue weighted by molar-refractivity contribution is 7.92. The molecule has 11 heteroatoms. The number of carbonyl (C=O) groups is 2. The van der Waals surface area contributed by atoms with Gasteiger partial charge in [0.1, 0.15) is 18.4 Å². The smallest absolute Gasteiger partial charge is 0.264 e. The fourth-order valence-electron chi connectivity index (χ4n) is 4.21. The van der Waals surface area contributed by atoms with E-state index in [1.807, 2.05) is 27.7 Å². The summed E-state index contributed by atoms with van der Waals surface area (Å²) in [5.41, 5.74) is 0.942. The highest BCUT2D eigenvalue weighted by atomic mass is 35.5. The van der Waals surface area contributed by atoms with Crippen molar-refractivity contribution in [3.8, 4) is 0 Å². The summed E-state index contributed by atoms with van der Waals surface area (Å²) in [6.45, 7) is 8.36. The molecular weight excluding hydrogens is 588 g/mol. The first-order valence-corrected chi connectivity index (χ1v) is 15.2. The van der Waals surface area contributed by atoms with Gasteiger partial charge in [0.05, 0.1) is 10.6 Å². The van der Waals surface area contributed by atoms with Crippen molar-refractivity contribution in [2.75, 3.05) is 10.8 Å². The van der Waals surface area contributed by atoms with Gasteiger partial charge in [-0.25, -0.2) is 12.8 Å². The Kier molecular flexibility index (Phi) is 10.4. The molecule has 0 aliphatic rings. The monoisotopic (exact) mass is 621 g/mol. The van der Waals surface area contributed by atoms with E-state index in [2.05, 4.69) is 5.32 Å². The summed E-state index contributed by atoms with van der Waals surface area (Å²) in [6.07, 6.45) is 0.253. The number of benzene rings is 3. The van der Waals surface area contributed by atoms with E-state index in [-0.39, 0.29) is 33.6 Å². The van der Waals surface area contributed by atoms with Gasteiger partial charge in [0, 0.05) is 22.1 Å². The van der Waals surface area contributed by atoms with Crippen LogP contribution in [0, 0.1) is 12.7 Å². The molecule has 1 unspecified atom stereocenters. The Labute approximate surface area is 251 Å². The minimum atomic E-state index is -4.27. The molecule has 0 aliphatic heterocycles. The van der Waals surface area contributed by atoms with Crippen LogP contribution in [-0.2, 0) is 26.2 Å². The normalized spacial score (nSPS) is 12.5. The Morgan fingerprint density at radius 3 is 2.02 bits per heavy atom. The number of halogens is 3. The van der Waals surface area contributed by atoms with Crippen LogP contribution in [-0.4, -0.2) is 43.3 Å². The second-order valence-electron chi connectivity index (χ2n) is 10.8. The highest BCUT2D eigenvalue weighted by Crippen LogP contribution is 2.30. The van der Waals surface area contributed by atoms with Crippen LogP contribution in [0.1, 0.15) is 45.2 Å². The zero-order valence-electron chi connectivity index (χ0n) is 23.6. The van der Waals surface area contributed by atoms with Gasteiger partial charge in [0.2, 0.25) is 11.8 Å². The third kappa shape index (κ3) is 8.67. The van der Waals surface area contributed by atoms with Gasteiger partial charge < -0.3 is 10.2 Å². The minimum Gasteiger partial charge on any atom is -0.350 e. The molecular formula is C30H34Cl2FN3O4S. The van der Waals surface area contributed by atoms with Gasteiger partial charge in [-0.1, -0.05) is 60.0 Å². The van der Waals surface area contributed by atoms with Crippen molar-refractivity contribution in [2.24, 2.45) is 0 Å². The van der Waals surface area contributed by atoms with Crippen molar-refractivity contribution in [3.63, 3.8) is 0 Å². The number of hydrogen-bond donors (Lipinski definition) is 1. The summed E-state index contributed by atoms with van der Waals surface area (Å²) in [6, 6.07) is 15.1. The molecule has 1 atom stereocenters. The molecule has 7 nitrogen and oxygen atoms in total. The Balaban J connectivity index is 2.10. The number of carbonyl (C=O) groups excluding carboxylic acids is 2. The molecule has 3 aromatic rings. The van der Waals surface area contributed by atoms with E-state index in [0.717, 1.165) is 9.87 Å². The van der Waals surface area contributed by atoms with Crippen molar-refractivity contribution >= 4 is 50.7 Å². The molecule has 0 saturated carbocycles. The summed E-state index contributed by atoms with van der Waals surface area (Å²) in [5.74, 6) is -1.48. The zero-order chi connectivity index (χ0) is 30.5. The molecule has 0 bridgehead atoms. The summed E-state index contributed by atoms with van der Waals surface area (Å²) < 4.78 is 42.4. The number of nitrogens with one attached hydrogen (secondary N) is 1. The Hall–Kier alpha value is -3.14. The van der Waals surface area contributed by atoms with Crippen LogP contribution in [0.2, 0.25) is 10.0 Å². The molecule has 3 rings (SSSR count). The molecule has 1 N–H and O–H groups in total. The predicted molar refractivity (Wildman–Crippen MR) is 161 cm³/mol. The molecule has 0 fully saturated rings. The van der Waals surface area contributed by atoms with E-state index in [0.29, 0.717) is 5.56 Å². The zero-order valence-corrected chi connectivity index (χ0v) is 25.9. The second kappa shape index (κ2) is 13.2. The van der Waals surface area contributed by atoms with Crippen LogP contribution in [0.4, 0.5) is 10.1 Å². The molecule has 0 aliphatic carbocycles. The standard InChI is InChI=1S/C30H34Cl2FN3O4S/c1-6-27(29(38)34-30(3,4)5)35(18-21-9-11-24(33)12-10-21)28(37)19-36(25-16-22(31)15-23(32)17-25)41(39,40)26-13-7-20(2)8-14-26/h7-17,27H,6,18-19H2,1-5H3,(H,34,38). The maximum Gasteiger partial charge on any atom is 0.264 e. The quantitative estimate of drug-likeness (QED) is 0.285. The fraction of sp³-hybridized carbons (Fsp3) is 0.333. The van der Waals surface area contributed by atoms with E-state index in [4.69, 9.17) is 23.2 Å². The summed E-state index contributed by atoms with van der Waals surface area (Å²) in [5, 5.41) is 3.27. The maximum absolute atomic E-state index is 14.1. The first-order chi connectivity index (χ1) is 19.1. The Bertz CT molecular complexity index is 1470. The average molecular weight is 623 g/mol. The summed E-state index contributed by atoms with van der Waals surface area (Å²) in [4.78, 5) is 28.7. The Morgan fingerprint density at radius 1 is 0.951 bits per heavy atom. The summed E-state index contributed by atoms with van der Waals surface area (Å²) >= 11 is 12.4. The molecule has 0 saturated heterocycles. The summed E-state index contributed by atoms with van der Waals surface area (Å²) in [7, 11) is -4.27. The van der Waals surface area contributed by atoms with Crippen LogP contribution in [0.5, 0.6) is 0 Å². The molecule has 0 radical (unpaired) electrons. The second-order valence-corrected chi connectivity index (χ2v) is 13.5. The predicted octanol–water partition coefficient (Wildman–Crippen LogP) is 6.36. The number of hydrogen-bond acceptors (Lipinski definition) is 4. The largest absolute Gasteiger partial charge is 0.350 e. The van der Waals surface area contributed by atoms with E-state index in [1.54, 1.807) is 19.1 Å². The molecule has 0 aromatic heterocycles. The van der Waals surface area contributed by atoms with Crippen LogP contribution >= 0.6 is 23.2 Å². The molecule has 41 heavy (non-hydrogen) atoms. The molecule has 3 aromatic carbocycles. The molecule has 220 valence electrons. The third-order valence-electron chi connectivity index (χ3n) is 6.17. The lowest BCUT2D eigenvalue weighted by atomic mass is 10.1. The lowest BCUT2D eigenvalue weighted by Gasteiger charge is -2.34. The van der Waals surface area contributed by atoms with Gasteiger partial charge in [-0.2, -0.15) is 0 Å². The Morgan fingerprint density at radius 2 is 1.51 bits per heavy atom.